The van der Waals surface area contributed by atoms with Gasteiger partial charge in [-0.2, -0.15) is 5.10 Å². The number of nitrogens with zero attached hydrogens (tertiary/aromatic N) is 2. The SMILES string of the molecule is CCC(N)Cc1cccc(Cl)c1-n1ccc(C(=O)NC)n1. The van der Waals surface area contributed by atoms with Crippen molar-refractivity contribution in [1.82, 2.24) is 15.1 Å². The molecule has 0 bridgehead atoms. The number of benzene rings is 1. The monoisotopic (exact) mass is 306 g/mol. The summed E-state index contributed by atoms with van der Waals surface area (Å²) >= 11 is 6.31. The molecule has 0 aliphatic heterocycles. The molecule has 1 unspecified atom stereocenters. The third-order valence-corrected chi connectivity index (χ3v) is 3.66. The van der Waals surface area contributed by atoms with Crippen molar-refractivity contribution in [3.8, 4) is 5.69 Å². The quantitative estimate of drug-likeness (QED) is 0.889. The first-order valence-electron chi connectivity index (χ1n) is 6.88. The van der Waals surface area contributed by atoms with Gasteiger partial charge in [0.25, 0.3) is 5.91 Å². The fraction of sp³-hybridized carbons (Fsp3) is 0.333. The number of nitrogens with one attached hydrogen (secondary N) is 1. The van der Waals surface area contributed by atoms with Crippen molar-refractivity contribution < 1.29 is 4.79 Å². The second kappa shape index (κ2) is 6.74. The van der Waals surface area contributed by atoms with Gasteiger partial charge in [0.2, 0.25) is 0 Å². The normalized spacial score (nSPS) is 12.2. The Kier molecular flexibility index (Phi) is 4.98. The van der Waals surface area contributed by atoms with Crippen molar-refractivity contribution in [3.63, 3.8) is 0 Å². The Hall–Kier alpha value is -1.85. The zero-order valence-electron chi connectivity index (χ0n) is 12.1. The number of halogens is 1. The van der Waals surface area contributed by atoms with E-state index in [4.69, 9.17) is 17.3 Å². The molecule has 0 saturated carbocycles. The molecule has 21 heavy (non-hydrogen) atoms. The predicted octanol–water partition coefficient (Wildman–Crippen LogP) is 2.17. The van der Waals surface area contributed by atoms with Crippen molar-refractivity contribution in [1.29, 1.82) is 0 Å². The number of aromatic nitrogens is 2. The van der Waals surface area contributed by atoms with Gasteiger partial charge in [0.1, 0.15) is 0 Å². The first-order chi connectivity index (χ1) is 10.1. The molecule has 0 aliphatic rings. The van der Waals surface area contributed by atoms with Crippen molar-refractivity contribution in [3.05, 3.63) is 46.7 Å². The van der Waals surface area contributed by atoms with Gasteiger partial charge in [0.05, 0.1) is 10.7 Å². The molecule has 6 heteroatoms. The molecule has 0 radical (unpaired) electrons. The molecule has 0 spiro atoms. The van der Waals surface area contributed by atoms with E-state index in [1.807, 2.05) is 19.1 Å². The molecule has 5 nitrogen and oxygen atoms in total. The number of para-hydroxylation sites is 1. The summed E-state index contributed by atoms with van der Waals surface area (Å²) in [4.78, 5) is 11.6. The van der Waals surface area contributed by atoms with Gasteiger partial charge < -0.3 is 11.1 Å². The Morgan fingerprint density at radius 3 is 2.90 bits per heavy atom. The summed E-state index contributed by atoms with van der Waals surface area (Å²) in [5.41, 5.74) is 8.18. The molecule has 1 aromatic heterocycles. The Morgan fingerprint density at radius 1 is 1.48 bits per heavy atom. The molecule has 1 atom stereocenters. The molecular weight excluding hydrogens is 288 g/mol. The standard InChI is InChI=1S/C15H19ClN4O/c1-3-11(17)9-10-5-4-6-12(16)14(10)20-8-7-13(19-20)15(21)18-2/h4-8,11H,3,9,17H2,1-2H3,(H,18,21). The molecule has 1 amide bonds. The van der Waals surface area contributed by atoms with E-state index in [1.54, 1.807) is 30.1 Å². The second-order valence-corrected chi connectivity index (χ2v) is 5.25. The minimum Gasteiger partial charge on any atom is -0.354 e. The minimum absolute atomic E-state index is 0.0659. The maximum absolute atomic E-state index is 11.6. The Bertz CT molecular complexity index is 638. The number of hydrogen-bond donors (Lipinski definition) is 2. The van der Waals surface area contributed by atoms with E-state index in [1.165, 1.54) is 0 Å². The van der Waals surface area contributed by atoms with Crippen molar-refractivity contribution in [2.75, 3.05) is 7.05 Å². The molecule has 112 valence electrons. The smallest absolute Gasteiger partial charge is 0.271 e. The van der Waals surface area contributed by atoms with Crippen LogP contribution in [0.1, 0.15) is 29.4 Å². The van der Waals surface area contributed by atoms with Gasteiger partial charge in [-0.3, -0.25) is 4.79 Å². The topological polar surface area (TPSA) is 72.9 Å². The van der Waals surface area contributed by atoms with E-state index in [0.717, 1.165) is 17.7 Å². The highest BCUT2D eigenvalue weighted by Gasteiger charge is 2.14. The minimum atomic E-state index is -0.229. The second-order valence-electron chi connectivity index (χ2n) is 4.84. The number of nitrogens with two attached hydrogens (primary N) is 1. The van der Waals surface area contributed by atoms with Crippen LogP contribution in [0.4, 0.5) is 0 Å². The lowest BCUT2D eigenvalue weighted by molar-refractivity contribution is 0.0957. The first-order valence-corrected chi connectivity index (χ1v) is 7.25. The van der Waals surface area contributed by atoms with E-state index < -0.39 is 0 Å². The van der Waals surface area contributed by atoms with Crippen LogP contribution in [0.15, 0.2) is 30.5 Å². The zero-order chi connectivity index (χ0) is 15.4. The Morgan fingerprint density at radius 2 is 2.24 bits per heavy atom. The molecule has 1 aromatic carbocycles. The van der Waals surface area contributed by atoms with E-state index >= 15 is 0 Å². The molecule has 0 saturated heterocycles. The van der Waals surface area contributed by atoms with Crippen LogP contribution in [0.3, 0.4) is 0 Å². The van der Waals surface area contributed by atoms with Crippen LogP contribution >= 0.6 is 11.6 Å². The van der Waals surface area contributed by atoms with Crippen LogP contribution in [0, 0.1) is 0 Å². The van der Waals surface area contributed by atoms with E-state index in [2.05, 4.69) is 10.4 Å². The first kappa shape index (κ1) is 15.5. The molecule has 2 rings (SSSR count). The number of carbonyl (C=O) groups is 1. The molecule has 1 heterocycles. The molecular formula is C15H19ClN4O. The summed E-state index contributed by atoms with van der Waals surface area (Å²) in [6, 6.07) is 7.41. The fourth-order valence-corrected chi connectivity index (χ4v) is 2.39. The lowest BCUT2D eigenvalue weighted by Gasteiger charge is -2.14. The molecule has 3 N–H and O–H groups in total. The van der Waals surface area contributed by atoms with Crippen molar-refractivity contribution >= 4 is 17.5 Å². The Labute approximate surface area is 129 Å². The molecule has 0 fully saturated rings. The van der Waals surface area contributed by atoms with Gasteiger partial charge in [-0.1, -0.05) is 30.7 Å². The summed E-state index contributed by atoms with van der Waals surface area (Å²) in [6.45, 7) is 2.05. The van der Waals surface area contributed by atoms with Gasteiger partial charge in [-0.25, -0.2) is 4.68 Å². The van der Waals surface area contributed by atoms with Crippen LogP contribution in [0.5, 0.6) is 0 Å². The summed E-state index contributed by atoms with van der Waals surface area (Å²) in [6.07, 6.45) is 3.32. The average Bonchev–Trinajstić information content (AvgIpc) is 2.95. The third kappa shape index (κ3) is 3.43. The van der Waals surface area contributed by atoms with Crippen LogP contribution in [-0.2, 0) is 6.42 Å². The van der Waals surface area contributed by atoms with Crippen molar-refractivity contribution in [2.24, 2.45) is 5.73 Å². The van der Waals surface area contributed by atoms with Crippen LogP contribution < -0.4 is 11.1 Å². The highest BCUT2D eigenvalue weighted by molar-refractivity contribution is 6.32. The lowest BCUT2D eigenvalue weighted by Crippen LogP contribution is -2.22. The fourth-order valence-electron chi connectivity index (χ4n) is 2.11. The van der Waals surface area contributed by atoms with Crippen LogP contribution in [0.2, 0.25) is 5.02 Å². The number of amides is 1. The summed E-state index contributed by atoms with van der Waals surface area (Å²) in [5, 5.41) is 7.42. The third-order valence-electron chi connectivity index (χ3n) is 3.35. The molecule has 0 aliphatic carbocycles. The summed E-state index contributed by atoms with van der Waals surface area (Å²) < 4.78 is 1.63. The van der Waals surface area contributed by atoms with Crippen LogP contribution in [0.25, 0.3) is 5.69 Å². The number of carbonyl (C=O) groups excluding carboxylic acids is 1. The summed E-state index contributed by atoms with van der Waals surface area (Å²) in [5.74, 6) is -0.229. The van der Waals surface area contributed by atoms with Crippen molar-refractivity contribution in [2.45, 2.75) is 25.8 Å². The maximum Gasteiger partial charge on any atom is 0.271 e. The Balaban J connectivity index is 2.42. The maximum atomic E-state index is 11.6. The van der Waals surface area contributed by atoms with Gasteiger partial charge in [0, 0.05) is 19.3 Å². The van der Waals surface area contributed by atoms with E-state index in [-0.39, 0.29) is 11.9 Å². The van der Waals surface area contributed by atoms with E-state index in [9.17, 15) is 4.79 Å². The van der Waals surface area contributed by atoms with Gasteiger partial charge in [0.15, 0.2) is 5.69 Å². The highest BCUT2D eigenvalue weighted by Crippen LogP contribution is 2.25. The average molecular weight is 307 g/mol. The van der Waals surface area contributed by atoms with E-state index in [0.29, 0.717) is 17.1 Å². The summed E-state index contributed by atoms with van der Waals surface area (Å²) in [7, 11) is 1.57. The molecule has 2 aromatic rings. The lowest BCUT2D eigenvalue weighted by atomic mass is 10.0. The largest absolute Gasteiger partial charge is 0.354 e. The zero-order valence-corrected chi connectivity index (χ0v) is 12.9. The van der Waals surface area contributed by atoms with Gasteiger partial charge in [-0.15, -0.1) is 0 Å². The van der Waals surface area contributed by atoms with Gasteiger partial charge in [-0.05, 0) is 30.5 Å². The highest BCUT2D eigenvalue weighted by atomic mass is 35.5. The number of rotatable bonds is 5. The van der Waals surface area contributed by atoms with Gasteiger partial charge >= 0.3 is 0 Å². The number of hydrogen-bond acceptors (Lipinski definition) is 3. The predicted molar refractivity (Wildman–Crippen MR) is 83.9 cm³/mol. The van der Waals surface area contributed by atoms with Crippen LogP contribution in [-0.4, -0.2) is 28.8 Å².